The highest BCUT2D eigenvalue weighted by molar-refractivity contribution is 6.35. The molecular formula is C23H21Cl2F2N5O4. The van der Waals surface area contributed by atoms with Crippen molar-refractivity contribution in [1.29, 1.82) is 0 Å². The summed E-state index contributed by atoms with van der Waals surface area (Å²) in [5.41, 5.74) is 1.30. The largest absolute Gasteiger partial charge is 0.439 e. The van der Waals surface area contributed by atoms with E-state index in [0.717, 1.165) is 12.1 Å². The van der Waals surface area contributed by atoms with E-state index in [1.165, 1.54) is 23.0 Å². The summed E-state index contributed by atoms with van der Waals surface area (Å²) in [5, 5.41) is 12.4. The topological polar surface area (TPSA) is 118 Å². The molecule has 0 aliphatic carbocycles. The van der Waals surface area contributed by atoms with Gasteiger partial charge in [0.1, 0.15) is 0 Å². The van der Waals surface area contributed by atoms with Gasteiger partial charge in [-0.05, 0) is 35.7 Å². The van der Waals surface area contributed by atoms with Crippen LogP contribution in [0.2, 0.25) is 10.2 Å². The SMILES string of the molecule is Cn1ncc(Cl)c1-c1cc(C(=O)N[C@@H]2CNC(CC(=O)NC=O)C[C@H]2c2ccc(F)c(F)c2)oc1Cl. The van der Waals surface area contributed by atoms with E-state index in [2.05, 4.69) is 21.0 Å². The van der Waals surface area contributed by atoms with Crippen LogP contribution >= 0.6 is 23.2 Å². The second kappa shape index (κ2) is 10.8. The molecule has 0 bridgehead atoms. The lowest BCUT2D eigenvalue weighted by atomic mass is 9.81. The van der Waals surface area contributed by atoms with Crippen molar-refractivity contribution in [2.75, 3.05) is 6.54 Å². The number of amides is 3. The summed E-state index contributed by atoms with van der Waals surface area (Å²) in [6.07, 6.45) is 2.02. The molecule has 3 atom stereocenters. The fourth-order valence-corrected chi connectivity index (χ4v) is 4.85. The van der Waals surface area contributed by atoms with Gasteiger partial charge in [0.15, 0.2) is 17.4 Å². The van der Waals surface area contributed by atoms with Crippen molar-refractivity contribution in [3.05, 3.63) is 63.7 Å². The molecule has 1 aliphatic rings. The highest BCUT2D eigenvalue weighted by Gasteiger charge is 2.34. The minimum absolute atomic E-state index is 0.0117. The third-order valence-electron chi connectivity index (χ3n) is 6.05. The number of benzene rings is 1. The van der Waals surface area contributed by atoms with Gasteiger partial charge in [-0.2, -0.15) is 5.10 Å². The highest BCUT2D eigenvalue weighted by Crippen LogP contribution is 2.36. The number of carbonyl (C=O) groups is 3. The second-order valence-electron chi connectivity index (χ2n) is 8.35. The van der Waals surface area contributed by atoms with Gasteiger partial charge in [-0.3, -0.25) is 24.4 Å². The van der Waals surface area contributed by atoms with Crippen LogP contribution in [0.4, 0.5) is 8.78 Å². The molecule has 1 aromatic carbocycles. The monoisotopic (exact) mass is 539 g/mol. The van der Waals surface area contributed by atoms with Crippen molar-refractivity contribution in [1.82, 2.24) is 25.7 Å². The first-order chi connectivity index (χ1) is 17.2. The molecule has 3 amide bonds. The zero-order valence-corrected chi connectivity index (χ0v) is 20.4. The van der Waals surface area contributed by atoms with Gasteiger partial charge in [0.2, 0.25) is 17.5 Å². The van der Waals surface area contributed by atoms with Crippen LogP contribution in [0.3, 0.4) is 0 Å². The Balaban J connectivity index is 1.57. The summed E-state index contributed by atoms with van der Waals surface area (Å²) >= 11 is 12.4. The third-order valence-corrected chi connectivity index (χ3v) is 6.61. The molecular weight excluding hydrogens is 519 g/mol. The van der Waals surface area contributed by atoms with Crippen molar-refractivity contribution in [2.24, 2.45) is 7.05 Å². The summed E-state index contributed by atoms with van der Waals surface area (Å²) in [4.78, 5) is 35.5. The third kappa shape index (κ3) is 5.43. The van der Waals surface area contributed by atoms with Crippen LogP contribution in [0, 0.1) is 11.6 Å². The minimum atomic E-state index is -1.03. The molecule has 36 heavy (non-hydrogen) atoms. The number of piperidine rings is 1. The van der Waals surface area contributed by atoms with Crippen molar-refractivity contribution in [2.45, 2.75) is 30.8 Å². The molecule has 2 aromatic heterocycles. The van der Waals surface area contributed by atoms with E-state index in [0.29, 0.717) is 34.7 Å². The van der Waals surface area contributed by atoms with E-state index in [9.17, 15) is 23.2 Å². The maximum atomic E-state index is 14.0. The molecule has 3 aromatic rings. The fraction of sp³-hybridized carbons (Fsp3) is 0.304. The zero-order valence-electron chi connectivity index (χ0n) is 18.9. The Kier molecular flexibility index (Phi) is 7.72. The van der Waals surface area contributed by atoms with Gasteiger partial charge in [-0.15, -0.1) is 0 Å². The maximum Gasteiger partial charge on any atom is 0.287 e. The van der Waals surface area contributed by atoms with Gasteiger partial charge >= 0.3 is 0 Å². The molecule has 0 saturated carbocycles. The Morgan fingerprint density at radius 2 is 2.06 bits per heavy atom. The highest BCUT2D eigenvalue weighted by atomic mass is 35.5. The molecule has 1 unspecified atom stereocenters. The molecule has 3 heterocycles. The first kappa shape index (κ1) is 25.8. The number of carbonyl (C=O) groups excluding carboxylic acids is 3. The molecule has 0 spiro atoms. The van der Waals surface area contributed by atoms with Crippen LogP contribution in [0.1, 0.15) is 34.9 Å². The summed E-state index contributed by atoms with van der Waals surface area (Å²) in [6, 6.07) is 4.02. The molecule has 1 aliphatic heterocycles. The second-order valence-corrected chi connectivity index (χ2v) is 9.10. The predicted molar refractivity (Wildman–Crippen MR) is 127 cm³/mol. The van der Waals surface area contributed by atoms with Crippen molar-refractivity contribution >= 4 is 41.4 Å². The number of aryl methyl sites for hydroxylation is 1. The Morgan fingerprint density at radius 3 is 2.72 bits per heavy atom. The summed E-state index contributed by atoms with van der Waals surface area (Å²) in [7, 11) is 1.66. The first-order valence-corrected chi connectivity index (χ1v) is 11.6. The Bertz CT molecular complexity index is 1290. The standard InChI is InChI=1S/C23H21Cl2F2N5O4/c1-32-21(15(24)8-30-32)14-7-19(36-22(14)25)23(35)31-18-9-28-12(6-20(34)29-10-33)5-13(18)11-2-3-16(26)17(27)4-11/h2-4,7-8,10,12-13,18,28H,5-6,9H2,1H3,(H,31,35)(H,29,33,34)/t12?,13-,18+/m0/s1. The van der Waals surface area contributed by atoms with Crippen LogP contribution in [-0.4, -0.2) is 46.6 Å². The number of aromatic nitrogens is 2. The van der Waals surface area contributed by atoms with Gasteiger partial charge in [0.25, 0.3) is 5.91 Å². The van der Waals surface area contributed by atoms with E-state index in [4.69, 9.17) is 27.6 Å². The number of hydrogen-bond acceptors (Lipinski definition) is 6. The van der Waals surface area contributed by atoms with Gasteiger partial charge < -0.3 is 15.1 Å². The van der Waals surface area contributed by atoms with E-state index in [1.807, 2.05) is 0 Å². The maximum absolute atomic E-state index is 14.0. The zero-order chi connectivity index (χ0) is 26.0. The van der Waals surface area contributed by atoms with Crippen molar-refractivity contribution < 1.29 is 27.6 Å². The lowest BCUT2D eigenvalue weighted by Gasteiger charge is -2.37. The number of nitrogens with one attached hydrogen (secondary N) is 3. The Hall–Kier alpha value is -3.28. The first-order valence-electron chi connectivity index (χ1n) is 10.9. The molecule has 1 fully saturated rings. The number of rotatable bonds is 7. The van der Waals surface area contributed by atoms with Crippen LogP contribution in [0.15, 0.2) is 34.9 Å². The minimum Gasteiger partial charge on any atom is -0.439 e. The Morgan fingerprint density at radius 1 is 1.28 bits per heavy atom. The molecule has 3 N–H and O–H groups in total. The number of nitrogens with zero attached hydrogens (tertiary/aromatic N) is 2. The van der Waals surface area contributed by atoms with Crippen molar-refractivity contribution in [3.8, 4) is 11.3 Å². The molecule has 0 radical (unpaired) electrons. The van der Waals surface area contributed by atoms with E-state index in [1.54, 1.807) is 7.05 Å². The van der Waals surface area contributed by atoms with Crippen LogP contribution in [-0.2, 0) is 16.6 Å². The lowest BCUT2D eigenvalue weighted by Crippen LogP contribution is -2.54. The molecule has 4 rings (SSSR count). The molecule has 1 saturated heterocycles. The summed E-state index contributed by atoms with van der Waals surface area (Å²) in [5.74, 6) is -3.65. The normalized spacial score (nSPS) is 19.6. The predicted octanol–water partition coefficient (Wildman–Crippen LogP) is 3.17. The Labute approximate surface area is 214 Å². The number of hydrogen-bond donors (Lipinski definition) is 3. The smallest absolute Gasteiger partial charge is 0.287 e. The summed E-state index contributed by atoms with van der Waals surface area (Å²) in [6.45, 7) is 0.212. The lowest BCUT2D eigenvalue weighted by molar-refractivity contribution is -0.125. The quantitative estimate of drug-likeness (QED) is 0.397. The van der Waals surface area contributed by atoms with E-state index in [-0.39, 0.29) is 30.0 Å². The van der Waals surface area contributed by atoms with Gasteiger partial charge in [0, 0.05) is 44.1 Å². The van der Waals surface area contributed by atoms with Gasteiger partial charge in [0.05, 0.1) is 22.5 Å². The molecule has 9 nitrogen and oxygen atoms in total. The molecule has 190 valence electrons. The van der Waals surface area contributed by atoms with E-state index < -0.39 is 35.4 Å². The van der Waals surface area contributed by atoms with Crippen LogP contribution < -0.4 is 16.0 Å². The van der Waals surface area contributed by atoms with Gasteiger partial charge in [-0.1, -0.05) is 17.7 Å². The number of furan rings is 1. The number of halogens is 4. The van der Waals surface area contributed by atoms with Gasteiger partial charge in [-0.25, -0.2) is 8.78 Å². The average molecular weight is 540 g/mol. The van der Waals surface area contributed by atoms with Crippen LogP contribution in [0.25, 0.3) is 11.3 Å². The average Bonchev–Trinajstić information content (AvgIpc) is 3.37. The van der Waals surface area contributed by atoms with Crippen LogP contribution in [0.5, 0.6) is 0 Å². The fourth-order valence-electron chi connectivity index (χ4n) is 4.35. The number of imide groups is 1. The van der Waals surface area contributed by atoms with E-state index >= 15 is 0 Å². The molecule has 13 heteroatoms. The van der Waals surface area contributed by atoms with Crippen molar-refractivity contribution in [3.63, 3.8) is 0 Å². The summed E-state index contributed by atoms with van der Waals surface area (Å²) < 4.78 is 34.5.